The number of thioether (sulfide) groups is 1. The minimum absolute atomic E-state index is 0.900. The highest BCUT2D eigenvalue weighted by atomic mass is 79.9. The van der Waals surface area contributed by atoms with Gasteiger partial charge in [-0.05, 0) is 22.4 Å². The molecular weight excluding hydrogens is 306 g/mol. The second-order valence-electron chi connectivity index (χ2n) is 3.27. The van der Waals surface area contributed by atoms with Crippen LogP contribution in [0.3, 0.4) is 0 Å². The molecule has 0 N–H and O–H groups in total. The average molecular weight is 318 g/mol. The molecular formula is C10H12BrN3S2. The van der Waals surface area contributed by atoms with Crippen molar-refractivity contribution in [3.8, 4) is 0 Å². The molecule has 0 bridgehead atoms. The predicted octanol–water partition coefficient (Wildman–Crippen LogP) is 3.49. The number of aromatic nitrogens is 3. The normalized spacial score (nSPS) is 10.9. The Labute approximate surface area is 111 Å². The fourth-order valence-electron chi connectivity index (χ4n) is 1.39. The molecule has 0 aliphatic heterocycles. The van der Waals surface area contributed by atoms with Crippen molar-refractivity contribution >= 4 is 39.0 Å². The van der Waals surface area contributed by atoms with E-state index in [1.165, 1.54) is 5.69 Å². The summed E-state index contributed by atoms with van der Waals surface area (Å²) in [5.41, 5.74) is 2.34. The van der Waals surface area contributed by atoms with Crippen LogP contribution in [0.4, 0.5) is 0 Å². The smallest absolute Gasteiger partial charge is 0.150 e. The first-order chi connectivity index (χ1) is 7.72. The van der Waals surface area contributed by atoms with Gasteiger partial charge in [-0.15, -0.1) is 11.3 Å². The van der Waals surface area contributed by atoms with Gasteiger partial charge in [-0.3, -0.25) is 4.68 Å². The van der Waals surface area contributed by atoms with Gasteiger partial charge in [0.25, 0.3) is 0 Å². The summed E-state index contributed by atoms with van der Waals surface area (Å²) in [6.07, 6.45) is 2.79. The lowest BCUT2D eigenvalue weighted by Crippen LogP contribution is -1.96. The summed E-state index contributed by atoms with van der Waals surface area (Å²) in [5, 5.41) is 6.47. The highest BCUT2D eigenvalue weighted by Crippen LogP contribution is 2.29. The first-order valence-corrected chi connectivity index (χ1v) is 7.60. The molecule has 0 amide bonds. The minimum atomic E-state index is 0.900. The van der Waals surface area contributed by atoms with Gasteiger partial charge in [-0.1, -0.05) is 18.7 Å². The summed E-state index contributed by atoms with van der Waals surface area (Å²) in [6.45, 7) is 2.12. The van der Waals surface area contributed by atoms with Crippen LogP contribution in [0.15, 0.2) is 20.4 Å². The van der Waals surface area contributed by atoms with Crippen molar-refractivity contribution in [2.24, 2.45) is 7.05 Å². The van der Waals surface area contributed by atoms with Gasteiger partial charge in [-0.25, -0.2) is 4.98 Å². The van der Waals surface area contributed by atoms with Crippen LogP contribution >= 0.6 is 39.0 Å². The molecule has 0 saturated heterocycles. The summed E-state index contributed by atoms with van der Waals surface area (Å²) >= 11 is 7.04. The van der Waals surface area contributed by atoms with E-state index in [1.807, 2.05) is 23.3 Å². The molecule has 86 valence electrons. The van der Waals surface area contributed by atoms with Crippen LogP contribution in [-0.4, -0.2) is 14.8 Å². The number of thiazole rings is 1. The Bertz CT molecular complexity index is 465. The molecule has 0 spiro atoms. The number of halogens is 1. The fraction of sp³-hybridized carbons (Fsp3) is 0.400. The molecule has 6 heteroatoms. The number of rotatable bonds is 4. The van der Waals surface area contributed by atoms with E-state index >= 15 is 0 Å². The van der Waals surface area contributed by atoms with Crippen LogP contribution in [-0.2, 0) is 19.2 Å². The van der Waals surface area contributed by atoms with Crippen molar-refractivity contribution in [3.05, 3.63) is 27.4 Å². The number of hydrogen-bond acceptors (Lipinski definition) is 4. The first-order valence-electron chi connectivity index (χ1n) is 4.95. The van der Waals surface area contributed by atoms with E-state index in [4.69, 9.17) is 0 Å². The Hall–Kier alpha value is -0.330. The first kappa shape index (κ1) is 12.1. The number of nitrogens with zero attached hydrogens (tertiary/aromatic N) is 3. The largest absolute Gasteiger partial charge is 0.270 e. The van der Waals surface area contributed by atoms with Crippen molar-refractivity contribution < 1.29 is 0 Å². The van der Waals surface area contributed by atoms with Crippen molar-refractivity contribution in [2.75, 3.05) is 0 Å². The van der Waals surface area contributed by atoms with E-state index in [0.717, 1.165) is 26.7 Å². The molecule has 3 nitrogen and oxygen atoms in total. The molecule has 2 aromatic rings. The molecule has 0 radical (unpaired) electrons. The van der Waals surface area contributed by atoms with Gasteiger partial charge in [0.05, 0.1) is 15.9 Å². The zero-order valence-electron chi connectivity index (χ0n) is 9.11. The maximum absolute atomic E-state index is 4.47. The second kappa shape index (κ2) is 5.33. The lowest BCUT2D eigenvalue weighted by molar-refractivity contribution is 0.719. The lowest BCUT2D eigenvalue weighted by atomic mass is 10.3. The summed E-state index contributed by atoms with van der Waals surface area (Å²) in [4.78, 5) is 4.25. The molecule has 0 aliphatic rings. The Morgan fingerprint density at radius 3 is 2.94 bits per heavy atom. The van der Waals surface area contributed by atoms with Crippen molar-refractivity contribution in [1.29, 1.82) is 0 Å². The summed E-state index contributed by atoms with van der Waals surface area (Å²) in [5.74, 6) is 0.900. The topological polar surface area (TPSA) is 30.7 Å². The summed E-state index contributed by atoms with van der Waals surface area (Å²) < 4.78 is 4.19. The van der Waals surface area contributed by atoms with E-state index in [0.29, 0.717) is 0 Å². The van der Waals surface area contributed by atoms with Crippen LogP contribution in [0.2, 0.25) is 0 Å². The minimum Gasteiger partial charge on any atom is -0.270 e. The van der Waals surface area contributed by atoms with Gasteiger partial charge in [0.15, 0.2) is 0 Å². The monoisotopic (exact) mass is 317 g/mol. The van der Waals surface area contributed by atoms with Crippen molar-refractivity contribution in [1.82, 2.24) is 14.8 Å². The fourth-order valence-corrected chi connectivity index (χ4v) is 4.03. The maximum Gasteiger partial charge on any atom is 0.150 e. The van der Waals surface area contributed by atoms with E-state index < -0.39 is 0 Å². The van der Waals surface area contributed by atoms with Crippen LogP contribution in [0.5, 0.6) is 0 Å². The van der Waals surface area contributed by atoms with Gasteiger partial charge >= 0.3 is 0 Å². The third kappa shape index (κ3) is 2.49. The van der Waals surface area contributed by atoms with Crippen molar-refractivity contribution in [3.63, 3.8) is 0 Å². The third-order valence-corrected chi connectivity index (χ3v) is 5.14. The molecule has 2 heterocycles. The van der Waals surface area contributed by atoms with Gasteiger partial charge in [0, 0.05) is 24.4 Å². The second-order valence-corrected chi connectivity index (χ2v) is 6.18. The maximum atomic E-state index is 4.47. The number of hydrogen-bond donors (Lipinski definition) is 0. The summed E-state index contributed by atoms with van der Waals surface area (Å²) in [7, 11) is 1.99. The third-order valence-electron chi connectivity index (χ3n) is 2.24. The van der Waals surface area contributed by atoms with E-state index in [9.17, 15) is 0 Å². The van der Waals surface area contributed by atoms with E-state index in [-0.39, 0.29) is 0 Å². The Balaban J connectivity index is 2.12. The molecule has 16 heavy (non-hydrogen) atoms. The van der Waals surface area contributed by atoms with Crippen LogP contribution in [0.25, 0.3) is 0 Å². The average Bonchev–Trinajstić information content (AvgIpc) is 2.86. The van der Waals surface area contributed by atoms with Gasteiger partial charge < -0.3 is 0 Å². The van der Waals surface area contributed by atoms with Crippen LogP contribution in [0.1, 0.15) is 18.3 Å². The van der Waals surface area contributed by atoms with Crippen LogP contribution in [0, 0.1) is 0 Å². The standard InChI is InChI=1S/C10H12BrN3S2/c1-3-7-9(11)8(14(2)13-7)6-16-10-12-4-5-15-10/h4-5H,3,6H2,1-2H3. The zero-order valence-corrected chi connectivity index (χ0v) is 12.3. The number of aryl methyl sites for hydroxylation is 2. The SMILES string of the molecule is CCc1nn(C)c(CSc2nccs2)c1Br. The molecule has 0 aromatic carbocycles. The molecule has 0 atom stereocenters. The molecule has 0 aliphatic carbocycles. The molecule has 0 saturated carbocycles. The lowest BCUT2D eigenvalue weighted by Gasteiger charge is -2.00. The van der Waals surface area contributed by atoms with Crippen molar-refractivity contribution in [2.45, 2.75) is 23.4 Å². The predicted molar refractivity (Wildman–Crippen MR) is 72.0 cm³/mol. The van der Waals surface area contributed by atoms with Crippen LogP contribution < -0.4 is 0 Å². The molecule has 0 fully saturated rings. The summed E-state index contributed by atoms with van der Waals surface area (Å²) in [6, 6.07) is 0. The van der Waals surface area contributed by atoms with Gasteiger partial charge in [0.1, 0.15) is 4.34 Å². The zero-order chi connectivity index (χ0) is 11.5. The van der Waals surface area contributed by atoms with Gasteiger partial charge in [0.2, 0.25) is 0 Å². The quantitative estimate of drug-likeness (QED) is 0.809. The Kier molecular flexibility index (Phi) is 4.05. The van der Waals surface area contributed by atoms with E-state index in [1.54, 1.807) is 23.1 Å². The Morgan fingerprint density at radius 2 is 2.38 bits per heavy atom. The van der Waals surface area contributed by atoms with E-state index in [2.05, 4.69) is 32.9 Å². The molecule has 2 rings (SSSR count). The van der Waals surface area contributed by atoms with Gasteiger partial charge in [-0.2, -0.15) is 5.10 Å². The molecule has 0 unspecified atom stereocenters. The highest BCUT2D eigenvalue weighted by molar-refractivity contribution is 9.10. The molecule has 2 aromatic heterocycles. The highest BCUT2D eigenvalue weighted by Gasteiger charge is 2.12. The Morgan fingerprint density at radius 1 is 1.56 bits per heavy atom.